The Morgan fingerprint density at radius 1 is 1.53 bits per heavy atom. The van der Waals surface area contributed by atoms with Crippen molar-refractivity contribution in [3.05, 3.63) is 28.2 Å². The minimum Gasteiger partial charge on any atom is -0.330 e. The van der Waals surface area contributed by atoms with Gasteiger partial charge in [0.05, 0.1) is 9.21 Å². The Morgan fingerprint density at radius 2 is 2.33 bits per heavy atom. The minimum atomic E-state index is 0.637. The summed E-state index contributed by atoms with van der Waals surface area (Å²) >= 11 is 7.45. The quantitative estimate of drug-likeness (QED) is 0.896. The zero-order valence-corrected chi connectivity index (χ0v) is 9.98. The van der Waals surface area contributed by atoms with Crippen molar-refractivity contribution >= 4 is 22.9 Å². The van der Waals surface area contributed by atoms with E-state index >= 15 is 0 Å². The van der Waals surface area contributed by atoms with E-state index in [0.717, 1.165) is 21.3 Å². The van der Waals surface area contributed by atoms with Gasteiger partial charge in [-0.05, 0) is 25.1 Å². The van der Waals surface area contributed by atoms with Gasteiger partial charge in [0.25, 0.3) is 0 Å². The first-order valence-corrected chi connectivity index (χ1v) is 5.88. The lowest BCUT2D eigenvalue weighted by Gasteiger charge is -1.96. The van der Waals surface area contributed by atoms with Crippen molar-refractivity contribution < 1.29 is 0 Å². The summed E-state index contributed by atoms with van der Waals surface area (Å²) in [4.78, 5) is 1.10. The topological polar surface area (TPSA) is 43.8 Å². The third-order valence-electron chi connectivity index (χ3n) is 2.12. The second-order valence-corrected chi connectivity index (χ2v) is 5.03. The molecule has 0 aliphatic heterocycles. The molecule has 2 aromatic rings. The Bertz CT molecular complexity index is 461. The van der Waals surface area contributed by atoms with Crippen LogP contribution >= 0.6 is 22.9 Å². The van der Waals surface area contributed by atoms with E-state index in [9.17, 15) is 0 Å². The van der Waals surface area contributed by atoms with Crippen molar-refractivity contribution in [2.45, 2.75) is 6.42 Å². The van der Waals surface area contributed by atoms with Crippen molar-refractivity contribution in [2.24, 2.45) is 12.8 Å². The monoisotopic (exact) mass is 241 g/mol. The highest BCUT2D eigenvalue weighted by Crippen LogP contribution is 2.31. The van der Waals surface area contributed by atoms with Crippen LogP contribution in [0.5, 0.6) is 0 Å². The molecule has 2 rings (SSSR count). The van der Waals surface area contributed by atoms with Crippen LogP contribution in [-0.2, 0) is 13.5 Å². The Hall–Kier alpha value is -0.840. The van der Waals surface area contributed by atoms with Gasteiger partial charge in [-0.15, -0.1) is 11.3 Å². The highest BCUT2D eigenvalue weighted by molar-refractivity contribution is 7.19. The number of halogens is 1. The summed E-state index contributed by atoms with van der Waals surface area (Å²) in [6.07, 6.45) is 2.86. The molecule has 0 radical (unpaired) electrons. The van der Waals surface area contributed by atoms with Crippen molar-refractivity contribution in [2.75, 3.05) is 6.54 Å². The van der Waals surface area contributed by atoms with Gasteiger partial charge in [-0.25, -0.2) is 0 Å². The summed E-state index contributed by atoms with van der Waals surface area (Å²) in [7, 11) is 1.92. The molecular formula is C10H12ClN3S. The van der Waals surface area contributed by atoms with E-state index in [1.807, 2.05) is 30.1 Å². The fourth-order valence-corrected chi connectivity index (χ4v) is 2.59. The van der Waals surface area contributed by atoms with Crippen molar-refractivity contribution in [3.63, 3.8) is 0 Å². The number of nitrogens with two attached hydrogens (primary N) is 1. The Labute approximate surface area is 97.5 Å². The van der Waals surface area contributed by atoms with Crippen LogP contribution in [0.4, 0.5) is 0 Å². The molecule has 0 fully saturated rings. The van der Waals surface area contributed by atoms with E-state index in [1.165, 1.54) is 5.56 Å². The molecule has 0 spiro atoms. The predicted molar refractivity (Wildman–Crippen MR) is 64.3 cm³/mol. The van der Waals surface area contributed by atoms with Crippen LogP contribution in [0, 0.1) is 0 Å². The van der Waals surface area contributed by atoms with Gasteiger partial charge in [0.15, 0.2) is 0 Å². The Balaban J connectivity index is 2.42. The molecule has 15 heavy (non-hydrogen) atoms. The summed E-state index contributed by atoms with van der Waals surface area (Å²) < 4.78 is 2.60. The molecule has 0 atom stereocenters. The maximum absolute atomic E-state index is 5.91. The molecule has 0 aromatic carbocycles. The van der Waals surface area contributed by atoms with Crippen LogP contribution in [0.15, 0.2) is 18.3 Å². The SMILES string of the molecule is Cn1cc(CCN)c(-c2ccc(Cl)s2)n1. The fraction of sp³-hybridized carbons (Fsp3) is 0.300. The van der Waals surface area contributed by atoms with Gasteiger partial charge >= 0.3 is 0 Å². The van der Waals surface area contributed by atoms with Gasteiger partial charge in [-0.3, -0.25) is 4.68 Å². The Morgan fingerprint density at radius 3 is 2.93 bits per heavy atom. The molecule has 2 heterocycles. The van der Waals surface area contributed by atoms with E-state index < -0.39 is 0 Å². The number of thiophene rings is 1. The average Bonchev–Trinajstić information content (AvgIpc) is 2.73. The highest BCUT2D eigenvalue weighted by Gasteiger charge is 2.11. The van der Waals surface area contributed by atoms with Gasteiger partial charge < -0.3 is 5.73 Å². The van der Waals surface area contributed by atoms with Crippen LogP contribution in [0.25, 0.3) is 10.6 Å². The zero-order chi connectivity index (χ0) is 10.8. The summed E-state index contributed by atoms with van der Waals surface area (Å²) in [6.45, 7) is 0.637. The molecule has 0 saturated heterocycles. The molecule has 0 bridgehead atoms. The summed E-state index contributed by atoms with van der Waals surface area (Å²) in [5, 5.41) is 4.43. The summed E-state index contributed by atoms with van der Waals surface area (Å²) in [5.74, 6) is 0. The Kier molecular flexibility index (Phi) is 3.09. The molecule has 0 aliphatic rings. The molecular weight excluding hydrogens is 230 g/mol. The molecule has 0 unspecified atom stereocenters. The van der Waals surface area contributed by atoms with Gasteiger partial charge in [0.2, 0.25) is 0 Å². The van der Waals surface area contributed by atoms with Crippen molar-refractivity contribution in [1.29, 1.82) is 0 Å². The van der Waals surface area contributed by atoms with Gasteiger partial charge in [-0.1, -0.05) is 11.6 Å². The molecule has 0 aliphatic carbocycles. The molecule has 0 amide bonds. The molecule has 3 nitrogen and oxygen atoms in total. The van der Waals surface area contributed by atoms with Crippen LogP contribution in [0.3, 0.4) is 0 Å². The van der Waals surface area contributed by atoms with E-state index in [2.05, 4.69) is 5.10 Å². The van der Waals surface area contributed by atoms with Crippen molar-refractivity contribution in [1.82, 2.24) is 9.78 Å². The normalized spacial score (nSPS) is 10.9. The van der Waals surface area contributed by atoms with E-state index in [4.69, 9.17) is 17.3 Å². The molecule has 0 saturated carbocycles. The highest BCUT2D eigenvalue weighted by atomic mass is 35.5. The third-order valence-corrected chi connectivity index (χ3v) is 3.36. The lowest BCUT2D eigenvalue weighted by molar-refractivity contribution is 0.770. The first-order valence-electron chi connectivity index (χ1n) is 4.69. The largest absolute Gasteiger partial charge is 0.330 e. The van der Waals surface area contributed by atoms with E-state index in [-0.39, 0.29) is 0 Å². The van der Waals surface area contributed by atoms with Crippen LogP contribution in [0.2, 0.25) is 4.34 Å². The molecule has 2 N–H and O–H groups in total. The van der Waals surface area contributed by atoms with Crippen LogP contribution < -0.4 is 5.73 Å². The number of nitrogens with zero attached hydrogens (tertiary/aromatic N) is 2. The van der Waals surface area contributed by atoms with E-state index in [0.29, 0.717) is 6.54 Å². The van der Waals surface area contributed by atoms with E-state index in [1.54, 1.807) is 11.3 Å². The van der Waals surface area contributed by atoms with Crippen molar-refractivity contribution in [3.8, 4) is 10.6 Å². The first kappa shape index (κ1) is 10.7. The second-order valence-electron chi connectivity index (χ2n) is 3.32. The number of hydrogen-bond acceptors (Lipinski definition) is 3. The van der Waals surface area contributed by atoms with Crippen LogP contribution in [0.1, 0.15) is 5.56 Å². The van der Waals surface area contributed by atoms with Crippen LogP contribution in [-0.4, -0.2) is 16.3 Å². The summed E-state index contributed by atoms with van der Waals surface area (Å²) in [6, 6.07) is 3.89. The lowest BCUT2D eigenvalue weighted by atomic mass is 10.1. The molecule has 2 aromatic heterocycles. The number of hydrogen-bond donors (Lipinski definition) is 1. The van der Waals surface area contributed by atoms with Gasteiger partial charge in [-0.2, -0.15) is 5.10 Å². The maximum Gasteiger partial charge on any atom is 0.106 e. The lowest BCUT2D eigenvalue weighted by Crippen LogP contribution is -2.02. The molecule has 80 valence electrons. The second kappa shape index (κ2) is 4.35. The number of aromatic nitrogens is 2. The smallest absolute Gasteiger partial charge is 0.106 e. The summed E-state index contributed by atoms with van der Waals surface area (Å²) in [5.41, 5.74) is 7.74. The maximum atomic E-state index is 5.91. The predicted octanol–water partition coefficient (Wildman–Crippen LogP) is 2.30. The molecule has 5 heteroatoms. The van der Waals surface area contributed by atoms with Gasteiger partial charge in [0, 0.05) is 18.8 Å². The first-order chi connectivity index (χ1) is 7.20. The minimum absolute atomic E-state index is 0.637. The number of aryl methyl sites for hydroxylation is 1. The number of rotatable bonds is 3. The third kappa shape index (κ3) is 2.22. The van der Waals surface area contributed by atoms with Gasteiger partial charge in [0.1, 0.15) is 5.69 Å². The average molecular weight is 242 g/mol. The fourth-order valence-electron chi connectivity index (χ4n) is 1.53. The zero-order valence-electron chi connectivity index (χ0n) is 8.40. The standard InChI is InChI=1S/C10H12ClN3S/c1-14-6-7(4-5-12)10(13-14)8-2-3-9(11)15-8/h2-3,6H,4-5,12H2,1H3.